The van der Waals surface area contributed by atoms with Gasteiger partial charge in [0.1, 0.15) is 0 Å². The van der Waals surface area contributed by atoms with E-state index in [1.165, 1.54) is 5.92 Å². The van der Waals surface area contributed by atoms with E-state index in [4.69, 9.17) is 0 Å². The van der Waals surface area contributed by atoms with Crippen LogP contribution in [0.25, 0.3) is 0 Å². The summed E-state index contributed by atoms with van der Waals surface area (Å²) in [6.45, 7) is 8.72. The highest BCUT2D eigenvalue weighted by atomic mass is 14.4. The molecule has 0 aromatic rings. The summed E-state index contributed by atoms with van der Waals surface area (Å²) < 4.78 is 0. The average molecular weight is 86.2 g/mol. The van der Waals surface area contributed by atoms with Crippen molar-refractivity contribution in [2.45, 2.75) is 27.7 Å². The second-order valence-corrected chi connectivity index (χ2v) is 2.23. The van der Waals surface area contributed by atoms with E-state index in [9.17, 15) is 0 Å². The molecule has 0 bridgehead atoms. The fraction of sp³-hybridized carbons (Fsp3) is 0.833. The summed E-state index contributed by atoms with van der Waals surface area (Å²) >= 11 is 0. The lowest BCUT2D eigenvalue weighted by Crippen LogP contribution is -1.93. The van der Waals surface area contributed by atoms with Gasteiger partial charge in [-0.15, -0.1) is 0 Å². The predicted octanol–water partition coefficient (Wildman–Crippen LogP) is 2.26. The molecule has 0 N–H and O–H groups in total. The minimum absolute atomic E-state index is 0.769. The van der Waals surface area contributed by atoms with Crippen LogP contribution in [0, 0.1) is 11.8 Å². The van der Waals surface area contributed by atoms with Gasteiger partial charge in [0.05, 0.1) is 25.7 Å². The molecule has 36 valence electrons. The molecule has 0 radical (unpaired) electrons. The molecule has 6 heavy (non-hydrogen) atoms. The van der Waals surface area contributed by atoms with Gasteiger partial charge in [0.25, 0.3) is 0 Å². The van der Waals surface area contributed by atoms with E-state index in [0.29, 0.717) is 0 Å². The Labute approximate surface area is 40.6 Å². The molecule has 0 nitrogen and oxygen atoms in total. The van der Waals surface area contributed by atoms with Gasteiger partial charge in [0.15, 0.2) is 0 Å². The standard InChI is InChI=1S/C6H13/c1-5(2)6(3)4/h5H,1-4H3/q+1/i5+1. The van der Waals surface area contributed by atoms with Crippen molar-refractivity contribution in [3.05, 3.63) is 5.92 Å². The first kappa shape index (κ1) is 5.87. The Kier molecular flexibility index (Phi) is 2.07. The molecule has 0 saturated carbocycles. The van der Waals surface area contributed by atoms with Gasteiger partial charge in [0.2, 0.25) is 0 Å². The maximum Gasteiger partial charge on any atom is 0.0940 e. The summed E-state index contributed by atoms with van der Waals surface area (Å²) in [5, 5.41) is 0. The van der Waals surface area contributed by atoms with Crippen LogP contribution >= 0.6 is 0 Å². The van der Waals surface area contributed by atoms with Gasteiger partial charge in [-0.05, 0) is 13.8 Å². The minimum atomic E-state index is 0.769. The van der Waals surface area contributed by atoms with E-state index >= 15 is 0 Å². The van der Waals surface area contributed by atoms with Gasteiger partial charge in [-0.3, -0.25) is 0 Å². The molecule has 0 aliphatic rings. The molecule has 0 rings (SSSR count). The van der Waals surface area contributed by atoms with E-state index in [-0.39, 0.29) is 0 Å². The fourth-order valence-electron chi connectivity index (χ4n) is 0. The summed E-state index contributed by atoms with van der Waals surface area (Å²) in [5.74, 6) is 2.28. The van der Waals surface area contributed by atoms with Crippen molar-refractivity contribution in [2.24, 2.45) is 5.92 Å². The molecule has 0 aliphatic heterocycles. The Morgan fingerprint density at radius 1 is 1.17 bits per heavy atom. The first-order valence-electron chi connectivity index (χ1n) is 2.44. The molecule has 0 heterocycles. The molecular formula is C6H13+. The van der Waals surface area contributed by atoms with Crippen LogP contribution in [0.3, 0.4) is 0 Å². The number of hydrogen-bond acceptors (Lipinski definition) is 0. The van der Waals surface area contributed by atoms with Crippen LogP contribution in [0.1, 0.15) is 27.7 Å². The van der Waals surface area contributed by atoms with Crippen molar-refractivity contribution in [1.29, 1.82) is 0 Å². The molecule has 0 fully saturated rings. The monoisotopic (exact) mass is 86.1 g/mol. The third-order valence-electron chi connectivity index (χ3n) is 1.15. The molecule has 0 aromatic heterocycles. The average Bonchev–Trinajstić information content (AvgIpc) is 1.36. The number of hydrogen-bond donors (Lipinski definition) is 0. The molecule has 0 unspecified atom stereocenters. The maximum atomic E-state index is 2.20. The zero-order chi connectivity index (χ0) is 5.15. The quantitative estimate of drug-likeness (QED) is 0.339. The van der Waals surface area contributed by atoms with E-state index in [1.54, 1.807) is 0 Å². The molecular weight excluding hydrogens is 73.1 g/mol. The largest absolute Gasteiger partial charge is 0.0940 e. The molecule has 0 aromatic carbocycles. The molecule has 0 atom stereocenters. The molecule has 0 amide bonds. The summed E-state index contributed by atoms with van der Waals surface area (Å²) in [6, 6.07) is 0. The Morgan fingerprint density at radius 3 is 1.33 bits per heavy atom. The predicted molar refractivity (Wildman–Crippen MR) is 29.4 cm³/mol. The number of rotatable bonds is 1. The van der Waals surface area contributed by atoms with Crippen LogP contribution in [-0.4, -0.2) is 0 Å². The summed E-state index contributed by atoms with van der Waals surface area (Å²) in [5.41, 5.74) is 0. The van der Waals surface area contributed by atoms with Gasteiger partial charge >= 0.3 is 0 Å². The second kappa shape index (κ2) is 2.12. The van der Waals surface area contributed by atoms with Gasteiger partial charge in [-0.2, -0.15) is 0 Å². The highest BCUT2D eigenvalue weighted by Gasteiger charge is 2.07. The second-order valence-electron chi connectivity index (χ2n) is 2.23. The zero-order valence-electron chi connectivity index (χ0n) is 5.08. The highest BCUT2D eigenvalue weighted by Crippen LogP contribution is 2.08. The van der Waals surface area contributed by atoms with Gasteiger partial charge in [-0.25, -0.2) is 0 Å². The van der Waals surface area contributed by atoms with Crippen molar-refractivity contribution in [3.63, 3.8) is 0 Å². The lowest BCUT2D eigenvalue weighted by atomic mass is 10.3. The van der Waals surface area contributed by atoms with E-state index < -0.39 is 0 Å². The van der Waals surface area contributed by atoms with Crippen LogP contribution in [0.15, 0.2) is 0 Å². The van der Waals surface area contributed by atoms with Crippen LogP contribution in [0.2, 0.25) is 0 Å². The van der Waals surface area contributed by atoms with E-state index in [1.807, 2.05) is 0 Å². The third-order valence-corrected chi connectivity index (χ3v) is 1.15. The SMILES string of the molecule is C[C+](C)[13CH](C)C. The minimum Gasteiger partial charge on any atom is -0.0216 e. The van der Waals surface area contributed by atoms with Gasteiger partial charge < -0.3 is 0 Å². The topological polar surface area (TPSA) is 0 Å². The molecule has 0 saturated heterocycles. The zero-order valence-corrected chi connectivity index (χ0v) is 5.08. The fourth-order valence-corrected chi connectivity index (χ4v) is 0. The smallest absolute Gasteiger partial charge is 0.0216 e. The lowest BCUT2D eigenvalue weighted by molar-refractivity contribution is 0.670. The van der Waals surface area contributed by atoms with Crippen LogP contribution in [-0.2, 0) is 0 Å². The lowest BCUT2D eigenvalue weighted by Gasteiger charge is -1.93. The Morgan fingerprint density at radius 2 is 1.33 bits per heavy atom. The third kappa shape index (κ3) is 2.13. The summed E-state index contributed by atoms with van der Waals surface area (Å²) in [4.78, 5) is 0. The maximum absolute atomic E-state index is 2.20. The van der Waals surface area contributed by atoms with Crippen molar-refractivity contribution in [1.82, 2.24) is 0 Å². The summed E-state index contributed by atoms with van der Waals surface area (Å²) in [7, 11) is 0. The Hall–Kier alpha value is -0.130. The van der Waals surface area contributed by atoms with E-state index in [2.05, 4.69) is 27.7 Å². The van der Waals surface area contributed by atoms with Crippen molar-refractivity contribution in [3.8, 4) is 0 Å². The first-order valence-corrected chi connectivity index (χ1v) is 2.44. The van der Waals surface area contributed by atoms with Gasteiger partial charge in [-0.1, -0.05) is 0 Å². The van der Waals surface area contributed by atoms with E-state index in [0.717, 1.165) is 5.92 Å². The molecule has 0 spiro atoms. The Balaban J connectivity index is 2.99. The van der Waals surface area contributed by atoms with Crippen molar-refractivity contribution in [2.75, 3.05) is 0 Å². The molecule has 0 heteroatoms. The van der Waals surface area contributed by atoms with Crippen LogP contribution < -0.4 is 0 Å². The van der Waals surface area contributed by atoms with Crippen LogP contribution in [0.5, 0.6) is 0 Å². The first-order chi connectivity index (χ1) is 2.64. The van der Waals surface area contributed by atoms with Crippen LogP contribution in [0.4, 0.5) is 0 Å². The van der Waals surface area contributed by atoms with Crippen molar-refractivity contribution < 1.29 is 0 Å². The van der Waals surface area contributed by atoms with Crippen molar-refractivity contribution >= 4 is 0 Å². The molecule has 0 aliphatic carbocycles. The Bertz CT molecular complexity index is 21.0. The van der Waals surface area contributed by atoms with Gasteiger partial charge in [0, 0.05) is 0 Å². The normalized spacial score (nSPS) is 9.50. The summed E-state index contributed by atoms with van der Waals surface area (Å²) in [6.07, 6.45) is 0. The highest BCUT2D eigenvalue weighted by molar-refractivity contribution is 4.79.